The van der Waals surface area contributed by atoms with Gasteiger partial charge in [0.2, 0.25) is 0 Å². The quantitative estimate of drug-likeness (QED) is 0.330. The monoisotopic (exact) mass is 492 g/mol. The lowest BCUT2D eigenvalue weighted by molar-refractivity contribution is 0.0747. The lowest BCUT2D eigenvalue weighted by Crippen LogP contribution is -2.49. The van der Waals surface area contributed by atoms with Gasteiger partial charge in [-0.2, -0.15) is 0 Å². The molecule has 0 aliphatic carbocycles. The smallest absolute Gasteiger partial charge is 0.253 e. The predicted molar refractivity (Wildman–Crippen MR) is 154 cm³/mol. The Bertz CT molecular complexity index is 1370. The molecule has 5 nitrogen and oxygen atoms in total. The first kappa shape index (κ1) is 24.8. The van der Waals surface area contributed by atoms with E-state index >= 15 is 0 Å². The van der Waals surface area contributed by atoms with Gasteiger partial charge in [-0.3, -0.25) is 9.78 Å². The van der Waals surface area contributed by atoms with Crippen molar-refractivity contribution in [2.75, 3.05) is 42.9 Å². The van der Waals surface area contributed by atoms with Gasteiger partial charge in [-0.25, -0.2) is 0 Å². The minimum atomic E-state index is 0.112. The summed E-state index contributed by atoms with van der Waals surface area (Å²) in [7, 11) is 0. The summed E-state index contributed by atoms with van der Waals surface area (Å²) in [6.07, 6.45) is 2.74. The minimum absolute atomic E-state index is 0.112. The summed E-state index contributed by atoms with van der Waals surface area (Å²) in [5.74, 6) is 0.621. The number of hydrogen-bond acceptors (Lipinski definition) is 4. The third kappa shape index (κ3) is 5.61. The number of rotatable bonds is 7. The molecular weight excluding hydrogens is 456 g/mol. The number of piperazine rings is 1. The van der Waals surface area contributed by atoms with E-state index in [1.54, 1.807) is 0 Å². The van der Waals surface area contributed by atoms with Crippen LogP contribution in [0.4, 0.5) is 11.4 Å². The van der Waals surface area contributed by atoms with Gasteiger partial charge in [0.05, 0.1) is 5.52 Å². The molecule has 1 fully saturated rings. The third-order valence-electron chi connectivity index (χ3n) is 7.38. The molecule has 0 unspecified atom stereocenters. The Morgan fingerprint density at radius 3 is 2.46 bits per heavy atom. The fraction of sp³-hybridized carbons (Fsp3) is 0.312. The standard InChI is InChI=1S/C32H36N4O/c1-23(2)28-10-9-24(3)30(22-28)35-18-20-36(21-19-35)32(37)27-11-13-29(14-12-27)33-17-15-26-7-4-6-25-8-5-16-34-31(25)26/h4-14,16,22-23,33H,15,17-21H2,1-3H3. The maximum absolute atomic E-state index is 13.2. The van der Waals surface area contributed by atoms with Gasteiger partial charge in [-0.05, 0) is 72.4 Å². The Morgan fingerprint density at radius 1 is 0.946 bits per heavy atom. The molecule has 4 aromatic rings. The molecule has 1 aromatic heterocycles. The van der Waals surface area contributed by atoms with E-state index in [1.165, 1.54) is 27.8 Å². The number of aromatic nitrogens is 1. The van der Waals surface area contributed by atoms with Crippen LogP contribution in [-0.4, -0.2) is 48.5 Å². The van der Waals surface area contributed by atoms with Crippen LogP contribution in [0.15, 0.2) is 79.0 Å². The largest absolute Gasteiger partial charge is 0.385 e. The van der Waals surface area contributed by atoms with Crippen LogP contribution in [-0.2, 0) is 6.42 Å². The van der Waals surface area contributed by atoms with Crippen molar-refractivity contribution in [3.63, 3.8) is 0 Å². The van der Waals surface area contributed by atoms with E-state index in [1.807, 2.05) is 41.4 Å². The van der Waals surface area contributed by atoms with E-state index in [0.717, 1.165) is 55.9 Å². The molecule has 0 atom stereocenters. The molecule has 1 saturated heterocycles. The molecule has 1 amide bonds. The van der Waals surface area contributed by atoms with Crippen LogP contribution in [0.1, 0.15) is 46.8 Å². The Kier molecular flexibility index (Phi) is 7.40. The van der Waals surface area contributed by atoms with Gasteiger partial charge in [0.25, 0.3) is 5.91 Å². The van der Waals surface area contributed by atoms with Crippen LogP contribution in [0.25, 0.3) is 10.9 Å². The fourth-order valence-electron chi connectivity index (χ4n) is 5.10. The van der Waals surface area contributed by atoms with Gasteiger partial charge in [-0.1, -0.05) is 50.2 Å². The normalized spacial score (nSPS) is 13.8. The summed E-state index contributed by atoms with van der Waals surface area (Å²) in [5.41, 5.74) is 8.03. The zero-order valence-electron chi connectivity index (χ0n) is 22.1. The highest BCUT2D eigenvalue weighted by Gasteiger charge is 2.23. The zero-order valence-corrected chi connectivity index (χ0v) is 22.1. The highest BCUT2D eigenvalue weighted by Crippen LogP contribution is 2.27. The van der Waals surface area contributed by atoms with Crippen molar-refractivity contribution < 1.29 is 4.79 Å². The molecular formula is C32H36N4O. The van der Waals surface area contributed by atoms with E-state index in [4.69, 9.17) is 0 Å². The maximum atomic E-state index is 13.2. The molecule has 1 N–H and O–H groups in total. The number of amides is 1. The number of hydrogen-bond donors (Lipinski definition) is 1. The van der Waals surface area contributed by atoms with Crippen LogP contribution in [0.5, 0.6) is 0 Å². The van der Waals surface area contributed by atoms with Crippen LogP contribution in [0.3, 0.4) is 0 Å². The van der Waals surface area contributed by atoms with Crippen LogP contribution < -0.4 is 10.2 Å². The third-order valence-corrected chi connectivity index (χ3v) is 7.38. The van der Waals surface area contributed by atoms with Crippen molar-refractivity contribution in [2.45, 2.75) is 33.1 Å². The van der Waals surface area contributed by atoms with Crippen molar-refractivity contribution in [1.82, 2.24) is 9.88 Å². The summed E-state index contributed by atoms with van der Waals surface area (Å²) in [6.45, 7) is 10.6. The summed E-state index contributed by atoms with van der Waals surface area (Å²) in [6, 6.07) is 25.0. The highest BCUT2D eigenvalue weighted by atomic mass is 16.2. The van der Waals surface area contributed by atoms with Crippen molar-refractivity contribution >= 4 is 28.2 Å². The van der Waals surface area contributed by atoms with Crippen LogP contribution >= 0.6 is 0 Å². The van der Waals surface area contributed by atoms with Gasteiger partial charge in [0.15, 0.2) is 0 Å². The number of anilines is 2. The lowest BCUT2D eigenvalue weighted by Gasteiger charge is -2.37. The molecule has 2 heterocycles. The Morgan fingerprint density at radius 2 is 1.70 bits per heavy atom. The van der Waals surface area contributed by atoms with E-state index < -0.39 is 0 Å². The molecule has 5 heteroatoms. The number of aryl methyl sites for hydroxylation is 1. The SMILES string of the molecule is Cc1ccc(C(C)C)cc1N1CCN(C(=O)c2ccc(NCCc3cccc4cccnc34)cc2)CC1. The molecule has 1 aliphatic heterocycles. The number of carbonyl (C=O) groups is 1. The molecule has 37 heavy (non-hydrogen) atoms. The number of nitrogens with zero attached hydrogens (tertiary/aromatic N) is 3. The molecule has 0 bridgehead atoms. The van der Waals surface area contributed by atoms with Gasteiger partial charge in [0, 0.05) is 61.2 Å². The second-order valence-corrected chi connectivity index (χ2v) is 10.2. The van der Waals surface area contributed by atoms with E-state index in [9.17, 15) is 4.79 Å². The van der Waals surface area contributed by atoms with Crippen molar-refractivity contribution in [1.29, 1.82) is 0 Å². The molecule has 5 rings (SSSR count). The minimum Gasteiger partial charge on any atom is -0.385 e. The van der Waals surface area contributed by atoms with Crippen molar-refractivity contribution in [3.8, 4) is 0 Å². The van der Waals surface area contributed by atoms with Gasteiger partial charge < -0.3 is 15.1 Å². The molecule has 0 spiro atoms. The van der Waals surface area contributed by atoms with Gasteiger partial charge >= 0.3 is 0 Å². The number of benzene rings is 3. The average Bonchev–Trinajstić information content (AvgIpc) is 2.93. The summed E-state index contributed by atoms with van der Waals surface area (Å²) < 4.78 is 0. The second kappa shape index (κ2) is 11.0. The van der Waals surface area contributed by atoms with E-state index in [2.05, 4.69) is 78.4 Å². The highest BCUT2D eigenvalue weighted by molar-refractivity contribution is 5.94. The summed E-state index contributed by atoms with van der Waals surface area (Å²) in [4.78, 5) is 22.1. The number of carbonyl (C=O) groups excluding carboxylic acids is 1. The molecule has 1 aliphatic rings. The molecule has 3 aromatic carbocycles. The second-order valence-electron chi connectivity index (χ2n) is 10.2. The molecule has 0 saturated carbocycles. The van der Waals surface area contributed by atoms with Crippen LogP contribution in [0.2, 0.25) is 0 Å². The fourth-order valence-corrected chi connectivity index (χ4v) is 5.10. The number of fused-ring (bicyclic) bond motifs is 1. The Hall–Kier alpha value is -3.86. The maximum Gasteiger partial charge on any atom is 0.253 e. The zero-order chi connectivity index (χ0) is 25.8. The first-order valence-corrected chi connectivity index (χ1v) is 13.3. The topological polar surface area (TPSA) is 48.5 Å². The number of nitrogens with one attached hydrogen (secondary N) is 1. The van der Waals surface area contributed by atoms with E-state index in [0.29, 0.717) is 5.92 Å². The van der Waals surface area contributed by atoms with Crippen molar-refractivity contribution in [3.05, 3.63) is 101 Å². The predicted octanol–water partition coefficient (Wildman–Crippen LogP) is 6.28. The number of para-hydroxylation sites is 1. The Balaban J connectivity index is 1.15. The van der Waals surface area contributed by atoms with Crippen molar-refractivity contribution in [2.24, 2.45) is 0 Å². The summed E-state index contributed by atoms with van der Waals surface area (Å²) >= 11 is 0. The Labute approximate surface area is 220 Å². The van der Waals surface area contributed by atoms with Crippen LogP contribution in [0, 0.1) is 6.92 Å². The molecule has 0 radical (unpaired) electrons. The number of pyridine rings is 1. The lowest BCUT2D eigenvalue weighted by atomic mass is 10.00. The average molecular weight is 493 g/mol. The van der Waals surface area contributed by atoms with E-state index in [-0.39, 0.29) is 5.91 Å². The molecule has 190 valence electrons. The first-order chi connectivity index (χ1) is 18.0. The first-order valence-electron chi connectivity index (χ1n) is 13.3. The van der Waals surface area contributed by atoms with Gasteiger partial charge in [0.1, 0.15) is 0 Å². The summed E-state index contributed by atoms with van der Waals surface area (Å²) in [5, 5.41) is 4.66. The van der Waals surface area contributed by atoms with Gasteiger partial charge in [-0.15, -0.1) is 0 Å².